The van der Waals surface area contributed by atoms with E-state index in [-0.39, 0.29) is 18.7 Å². The molecule has 0 radical (unpaired) electrons. The standard InChI is InChI=1S/C8H15N3O/c1-6(2)11-8(3-4-10-11)7(9)5-12/h3-4,6-7,12H,5,9H2,1-2H3/t7-/m0/s1. The molecule has 0 aliphatic heterocycles. The Bertz CT molecular complexity index is 244. The van der Waals surface area contributed by atoms with Crippen molar-refractivity contribution in [3.05, 3.63) is 18.0 Å². The van der Waals surface area contributed by atoms with E-state index < -0.39 is 0 Å². The van der Waals surface area contributed by atoms with Gasteiger partial charge in [-0.3, -0.25) is 4.68 Å². The summed E-state index contributed by atoms with van der Waals surface area (Å²) in [5, 5.41) is 13.0. The first-order valence-electron chi connectivity index (χ1n) is 4.06. The molecule has 1 rings (SSSR count). The molecule has 0 saturated carbocycles. The van der Waals surface area contributed by atoms with Crippen molar-refractivity contribution in [2.75, 3.05) is 6.61 Å². The quantitative estimate of drug-likeness (QED) is 0.690. The second-order valence-electron chi connectivity index (χ2n) is 3.08. The Kier molecular flexibility index (Phi) is 2.83. The normalized spacial score (nSPS) is 13.8. The third-order valence-corrected chi connectivity index (χ3v) is 1.77. The van der Waals surface area contributed by atoms with Gasteiger partial charge in [-0.25, -0.2) is 0 Å². The van der Waals surface area contributed by atoms with Crippen LogP contribution in [0.1, 0.15) is 31.6 Å². The minimum atomic E-state index is -0.324. The number of rotatable bonds is 3. The van der Waals surface area contributed by atoms with Gasteiger partial charge in [0.2, 0.25) is 0 Å². The Morgan fingerprint density at radius 2 is 2.33 bits per heavy atom. The summed E-state index contributed by atoms with van der Waals surface area (Å²) < 4.78 is 1.82. The first-order valence-corrected chi connectivity index (χ1v) is 4.06. The fraction of sp³-hybridized carbons (Fsp3) is 0.625. The van der Waals surface area contributed by atoms with Crippen molar-refractivity contribution in [3.8, 4) is 0 Å². The second kappa shape index (κ2) is 3.69. The van der Waals surface area contributed by atoms with Gasteiger partial charge < -0.3 is 10.8 Å². The molecule has 0 unspecified atom stereocenters. The van der Waals surface area contributed by atoms with Crippen molar-refractivity contribution in [1.29, 1.82) is 0 Å². The summed E-state index contributed by atoms with van der Waals surface area (Å²) in [6.45, 7) is 4.01. The van der Waals surface area contributed by atoms with Crippen molar-refractivity contribution >= 4 is 0 Å². The van der Waals surface area contributed by atoms with Crippen LogP contribution in [-0.2, 0) is 0 Å². The zero-order valence-corrected chi connectivity index (χ0v) is 7.44. The molecule has 0 fully saturated rings. The minimum absolute atomic E-state index is 0.0432. The van der Waals surface area contributed by atoms with Gasteiger partial charge in [0.1, 0.15) is 0 Å². The third-order valence-electron chi connectivity index (χ3n) is 1.77. The largest absolute Gasteiger partial charge is 0.394 e. The second-order valence-corrected chi connectivity index (χ2v) is 3.08. The lowest BCUT2D eigenvalue weighted by Crippen LogP contribution is -2.20. The number of aliphatic hydroxyl groups excluding tert-OH is 1. The first kappa shape index (κ1) is 9.22. The van der Waals surface area contributed by atoms with Crippen LogP contribution in [-0.4, -0.2) is 21.5 Å². The van der Waals surface area contributed by atoms with Crippen LogP contribution in [0.3, 0.4) is 0 Å². The van der Waals surface area contributed by atoms with E-state index in [9.17, 15) is 0 Å². The van der Waals surface area contributed by atoms with Gasteiger partial charge in [0.15, 0.2) is 0 Å². The number of hydrogen-bond donors (Lipinski definition) is 2. The average Bonchev–Trinajstić information content (AvgIpc) is 2.50. The van der Waals surface area contributed by atoms with Gasteiger partial charge in [-0.05, 0) is 19.9 Å². The summed E-state index contributed by atoms with van der Waals surface area (Å²) in [4.78, 5) is 0. The van der Waals surface area contributed by atoms with Crippen LogP contribution in [0.5, 0.6) is 0 Å². The molecule has 1 atom stereocenters. The molecule has 68 valence electrons. The highest BCUT2D eigenvalue weighted by Crippen LogP contribution is 2.13. The topological polar surface area (TPSA) is 64.1 Å². The van der Waals surface area contributed by atoms with E-state index in [4.69, 9.17) is 10.8 Å². The summed E-state index contributed by atoms with van der Waals surface area (Å²) >= 11 is 0. The fourth-order valence-electron chi connectivity index (χ4n) is 1.14. The van der Waals surface area contributed by atoms with E-state index in [0.717, 1.165) is 5.69 Å². The maximum absolute atomic E-state index is 8.85. The molecule has 4 heteroatoms. The van der Waals surface area contributed by atoms with Gasteiger partial charge in [0, 0.05) is 12.2 Å². The number of aromatic nitrogens is 2. The number of hydrogen-bond acceptors (Lipinski definition) is 3. The van der Waals surface area contributed by atoms with Crippen molar-refractivity contribution in [3.63, 3.8) is 0 Å². The fourth-order valence-corrected chi connectivity index (χ4v) is 1.14. The SMILES string of the molecule is CC(C)n1nccc1[C@@H](N)CO. The van der Waals surface area contributed by atoms with Crippen LogP contribution in [0.25, 0.3) is 0 Å². The van der Waals surface area contributed by atoms with E-state index >= 15 is 0 Å². The van der Waals surface area contributed by atoms with Crippen LogP contribution in [0.4, 0.5) is 0 Å². The first-order chi connectivity index (χ1) is 5.66. The van der Waals surface area contributed by atoms with Crippen LogP contribution in [0.2, 0.25) is 0 Å². The lowest BCUT2D eigenvalue weighted by molar-refractivity contribution is 0.260. The monoisotopic (exact) mass is 169 g/mol. The highest BCUT2D eigenvalue weighted by Gasteiger charge is 2.11. The molecule has 12 heavy (non-hydrogen) atoms. The summed E-state index contributed by atoms with van der Waals surface area (Å²) in [5.41, 5.74) is 6.55. The molecule has 1 heterocycles. The molecular weight excluding hydrogens is 154 g/mol. The van der Waals surface area contributed by atoms with E-state index in [1.807, 2.05) is 24.6 Å². The lowest BCUT2D eigenvalue weighted by atomic mass is 10.2. The molecule has 0 saturated heterocycles. The Morgan fingerprint density at radius 1 is 1.67 bits per heavy atom. The molecule has 1 aromatic heterocycles. The van der Waals surface area contributed by atoms with Crippen LogP contribution < -0.4 is 5.73 Å². The molecule has 0 bridgehead atoms. The lowest BCUT2D eigenvalue weighted by Gasteiger charge is -2.14. The number of nitrogens with two attached hydrogens (primary N) is 1. The predicted octanol–water partition coefficient (Wildman–Crippen LogP) is 0.456. The maximum Gasteiger partial charge on any atom is 0.0701 e. The van der Waals surface area contributed by atoms with Crippen molar-refractivity contribution in [1.82, 2.24) is 9.78 Å². The van der Waals surface area contributed by atoms with Crippen LogP contribution >= 0.6 is 0 Å². The molecule has 4 nitrogen and oxygen atoms in total. The molecular formula is C8H15N3O. The molecule has 0 spiro atoms. The maximum atomic E-state index is 8.85. The van der Waals surface area contributed by atoms with Gasteiger partial charge in [-0.15, -0.1) is 0 Å². The third kappa shape index (κ3) is 1.65. The van der Waals surface area contributed by atoms with E-state index in [1.165, 1.54) is 0 Å². The van der Waals surface area contributed by atoms with Crippen molar-refractivity contribution in [2.45, 2.75) is 25.9 Å². The number of aliphatic hydroxyl groups is 1. The zero-order chi connectivity index (χ0) is 9.14. The summed E-state index contributed by atoms with van der Waals surface area (Å²) in [7, 11) is 0. The summed E-state index contributed by atoms with van der Waals surface area (Å²) in [6, 6.07) is 1.79. The van der Waals surface area contributed by atoms with Gasteiger partial charge >= 0.3 is 0 Å². The predicted molar refractivity (Wildman–Crippen MR) is 46.6 cm³/mol. The van der Waals surface area contributed by atoms with E-state index in [0.29, 0.717) is 0 Å². The molecule has 3 N–H and O–H groups in total. The Labute approximate surface area is 72.0 Å². The van der Waals surface area contributed by atoms with E-state index in [1.54, 1.807) is 6.20 Å². The van der Waals surface area contributed by atoms with Gasteiger partial charge in [0.05, 0.1) is 18.3 Å². The van der Waals surface area contributed by atoms with Crippen molar-refractivity contribution < 1.29 is 5.11 Å². The Hall–Kier alpha value is -0.870. The van der Waals surface area contributed by atoms with Gasteiger partial charge in [-0.1, -0.05) is 0 Å². The Morgan fingerprint density at radius 3 is 2.83 bits per heavy atom. The minimum Gasteiger partial charge on any atom is -0.394 e. The van der Waals surface area contributed by atoms with Crippen molar-refractivity contribution in [2.24, 2.45) is 5.73 Å². The molecule has 0 aliphatic rings. The summed E-state index contributed by atoms with van der Waals surface area (Å²) in [5.74, 6) is 0. The van der Waals surface area contributed by atoms with Crippen LogP contribution in [0, 0.1) is 0 Å². The molecule has 0 aromatic carbocycles. The highest BCUT2D eigenvalue weighted by molar-refractivity contribution is 5.06. The zero-order valence-electron chi connectivity index (χ0n) is 7.44. The van der Waals surface area contributed by atoms with Crippen LogP contribution in [0.15, 0.2) is 12.3 Å². The average molecular weight is 169 g/mol. The Balaban J connectivity index is 2.91. The highest BCUT2D eigenvalue weighted by atomic mass is 16.3. The number of nitrogens with zero attached hydrogens (tertiary/aromatic N) is 2. The molecule has 0 amide bonds. The smallest absolute Gasteiger partial charge is 0.0701 e. The molecule has 1 aromatic rings. The molecule has 0 aliphatic carbocycles. The van der Waals surface area contributed by atoms with Gasteiger partial charge in [-0.2, -0.15) is 5.10 Å². The van der Waals surface area contributed by atoms with E-state index in [2.05, 4.69) is 5.10 Å². The summed E-state index contributed by atoms with van der Waals surface area (Å²) in [6.07, 6.45) is 1.70. The van der Waals surface area contributed by atoms with Gasteiger partial charge in [0.25, 0.3) is 0 Å².